The number of nitriles is 1. The van der Waals surface area contributed by atoms with E-state index in [9.17, 15) is 10.1 Å². The minimum Gasteiger partial charge on any atom is -0.324 e. The lowest BCUT2D eigenvalue weighted by atomic mass is 10.1. The summed E-state index contributed by atoms with van der Waals surface area (Å²) in [6, 6.07) is 20.2. The quantitative estimate of drug-likeness (QED) is 0.319. The van der Waals surface area contributed by atoms with Gasteiger partial charge in [0.2, 0.25) is 0 Å². The molecule has 166 valence electrons. The van der Waals surface area contributed by atoms with E-state index in [-0.39, 0.29) is 10.8 Å². The second kappa shape index (κ2) is 9.24. The summed E-state index contributed by atoms with van der Waals surface area (Å²) in [6.45, 7) is 2.86. The zero-order valence-corrected chi connectivity index (χ0v) is 19.4. The van der Waals surface area contributed by atoms with Gasteiger partial charge in [0.1, 0.15) is 10.8 Å². The number of thioether (sulfide) groups is 1. The Kier molecular flexibility index (Phi) is 6.01. The van der Waals surface area contributed by atoms with Gasteiger partial charge in [0.25, 0.3) is 5.56 Å². The molecule has 0 aromatic heterocycles. The Hall–Kier alpha value is -3.37. The van der Waals surface area contributed by atoms with Crippen molar-refractivity contribution in [3.63, 3.8) is 0 Å². The average Bonchev–Trinajstić information content (AvgIpc) is 3.00. The highest BCUT2D eigenvalue weighted by Gasteiger charge is 2.28. The molecule has 2 aromatic carbocycles. The van der Waals surface area contributed by atoms with Crippen molar-refractivity contribution in [3.05, 3.63) is 81.8 Å². The molecule has 0 fully saturated rings. The van der Waals surface area contributed by atoms with Gasteiger partial charge in [-0.25, -0.2) is 4.98 Å². The van der Waals surface area contributed by atoms with Gasteiger partial charge in [-0.15, -0.1) is 5.10 Å². The maximum Gasteiger partial charge on any atom is 0.284 e. The third-order valence-corrected chi connectivity index (χ3v) is 7.18. The molecule has 3 aliphatic rings. The monoisotopic (exact) mass is 455 g/mol. The summed E-state index contributed by atoms with van der Waals surface area (Å²) in [6.07, 6.45) is 4.64. The SMILES string of the molecule is Cc1ccc(CC(C#N)Sc2nc3nn(-c4ccccc4)c(=O)c-3c3n2CCCCC3)cc1. The van der Waals surface area contributed by atoms with Gasteiger partial charge in [0.05, 0.1) is 11.8 Å². The summed E-state index contributed by atoms with van der Waals surface area (Å²) in [5.74, 6) is 0.464. The van der Waals surface area contributed by atoms with E-state index in [4.69, 9.17) is 4.98 Å². The Morgan fingerprint density at radius 1 is 1.09 bits per heavy atom. The van der Waals surface area contributed by atoms with Crippen molar-refractivity contribution in [2.24, 2.45) is 0 Å². The molecule has 7 heteroatoms. The fourth-order valence-electron chi connectivity index (χ4n) is 4.37. The highest BCUT2D eigenvalue weighted by molar-refractivity contribution is 8.00. The minimum absolute atomic E-state index is 0.123. The van der Waals surface area contributed by atoms with E-state index in [0.717, 1.165) is 54.3 Å². The van der Waals surface area contributed by atoms with E-state index in [0.29, 0.717) is 17.8 Å². The van der Waals surface area contributed by atoms with Gasteiger partial charge in [0.15, 0.2) is 11.0 Å². The molecule has 3 aliphatic heterocycles. The second-order valence-corrected chi connectivity index (χ2v) is 9.65. The van der Waals surface area contributed by atoms with Crippen LogP contribution in [-0.4, -0.2) is 24.6 Å². The van der Waals surface area contributed by atoms with Crippen LogP contribution in [0.1, 0.15) is 36.1 Å². The van der Waals surface area contributed by atoms with Gasteiger partial charge in [0, 0.05) is 12.2 Å². The molecular weight excluding hydrogens is 430 g/mol. The van der Waals surface area contributed by atoms with Crippen LogP contribution in [0.2, 0.25) is 0 Å². The molecular formula is C26H25N5OS. The van der Waals surface area contributed by atoms with E-state index < -0.39 is 0 Å². The molecule has 0 amide bonds. The number of hydrogen-bond acceptors (Lipinski definition) is 5. The van der Waals surface area contributed by atoms with Gasteiger partial charge in [-0.1, -0.05) is 66.2 Å². The largest absolute Gasteiger partial charge is 0.324 e. The number of benzene rings is 2. The minimum atomic E-state index is -0.277. The molecule has 0 radical (unpaired) electrons. The van der Waals surface area contributed by atoms with Crippen LogP contribution in [0.25, 0.3) is 17.1 Å². The number of para-hydroxylation sites is 1. The molecule has 0 spiro atoms. The third-order valence-electron chi connectivity index (χ3n) is 6.10. The number of rotatable bonds is 5. The average molecular weight is 456 g/mol. The molecule has 0 N–H and O–H groups in total. The first-order chi connectivity index (χ1) is 16.1. The molecule has 2 aromatic rings. The fourth-order valence-corrected chi connectivity index (χ4v) is 5.42. The molecule has 33 heavy (non-hydrogen) atoms. The molecule has 0 aliphatic carbocycles. The summed E-state index contributed by atoms with van der Waals surface area (Å²) in [7, 11) is 0. The van der Waals surface area contributed by atoms with Crippen LogP contribution >= 0.6 is 11.8 Å². The lowest BCUT2D eigenvalue weighted by Crippen LogP contribution is -2.19. The molecule has 0 saturated heterocycles. The van der Waals surface area contributed by atoms with Gasteiger partial charge >= 0.3 is 0 Å². The first-order valence-electron chi connectivity index (χ1n) is 11.3. The van der Waals surface area contributed by atoms with Gasteiger partial charge in [-0.3, -0.25) is 4.79 Å². The second-order valence-electron chi connectivity index (χ2n) is 8.48. The molecule has 5 rings (SSSR count). The van der Waals surface area contributed by atoms with E-state index >= 15 is 0 Å². The standard InChI is InChI=1S/C26H25N5OS/c1-18-11-13-19(14-12-18)16-21(17-27)33-26-28-24-23(22-10-6-3-7-15-30(22)26)25(32)31(29-24)20-8-4-2-5-9-20/h2,4-5,8-9,11-14,21H,3,6-7,10,15-16H2,1H3. The van der Waals surface area contributed by atoms with Crippen molar-refractivity contribution in [2.75, 3.05) is 0 Å². The van der Waals surface area contributed by atoms with E-state index in [1.165, 1.54) is 22.0 Å². The first kappa shape index (κ1) is 21.5. The molecule has 3 heterocycles. The maximum atomic E-state index is 13.4. The summed E-state index contributed by atoms with van der Waals surface area (Å²) >= 11 is 1.48. The lowest BCUT2D eigenvalue weighted by molar-refractivity contribution is 0.570. The predicted molar refractivity (Wildman–Crippen MR) is 130 cm³/mol. The number of fused-ring (bicyclic) bond motifs is 3. The van der Waals surface area contributed by atoms with Crippen molar-refractivity contribution in [3.8, 4) is 23.1 Å². The summed E-state index contributed by atoms with van der Waals surface area (Å²) in [4.78, 5) is 18.2. The van der Waals surface area contributed by atoms with Crippen LogP contribution in [0.3, 0.4) is 0 Å². The Labute approximate surface area is 197 Å². The highest BCUT2D eigenvalue weighted by atomic mass is 32.2. The molecule has 1 atom stereocenters. The first-order valence-corrected chi connectivity index (χ1v) is 12.2. The van der Waals surface area contributed by atoms with Crippen molar-refractivity contribution in [1.82, 2.24) is 19.3 Å². The van der Waals surface area contributed by atoms with Crippen molar-refractivity contribution in [2.45, 2.75) is 56.0 Å². The Morgan fingerprint density at radius 2 is 1.88 bits per heavy atom. The smallest absolute Gasteiger partial charge is 0.284 e. The van der Waals surface area contributed by atoms with Gasteiger partial charge < -0.3 is 4.57 Å². The summed E-state index contributed by atoms with van der Waals surface area (Å²) < 4.78 is 3.61. The Balaban J connectivity index is 1.58. The lowest BCUT2D eigenvalue weighted by Gasteiger charge is -2.19. The van der Waals surface area contributed by atoms with Gasteiger partial charge in [-0.05, 0) is 50.3 Å². The van der Waals surface area contributed by atoms with E-state index in [2.05, 4.69) is 46.9 Å². The summed E-state index contributed by atoms with van der Waals surface area (Å²) in [5, 5.41) is 15.0. The van der Waals surface area contributed by atoms with E-state index in [1.54, 1.807) is 0 Å². The number of aromatic nitrogens is 4. The summed E-state index contributed by atoms with van der Waals surface area (Å²) in [5.41, 5.74) is 4.55. The fraction of sp³-hybridized carbons (Fsp3) is 0.308. The van der Waals surface area contributed by atoms with Crippen LogP contribution in [0.15, 0.2) is 64.5 Å². The van der Waals surface area contributed by atoms with E-state index in [1.807, 2.05) is 30.3 Å². The number of nitrogens with zero attached hydrogens (tertiary/aromatic N) is 5. The third kappa shape index (κ3) is 4.31. The molecule has 6 nitrogen and oxygen atoms in total. The van der Waals surface area contributed by atoms with Crippen LogP contribution in [0.5, 0.6) is 0 Å². The number of aryl methyl sites for hydroxylation is 1. The van der Waals surface area contributed by atoms with Crippen molar-refractivity contribution >= 4 is 11.8 Å². The zero-order valence-electron chi connectivity index (χ0n) is 18.6. The van der Waals surface area contributed by atoms with Crippen molar-refractivity contribution < 1.29 is 0 Å². The zero-order chi connectivity index (χ0) is 22.8. The van der Waals surface area contributed by atoms with Crippen LogP contribution in [-0.2, 0) is 19.4 Å². The Morgan fingerprint density at radius 3 is 2.64 bits per heavy atom. The topological polar surface area (TPSA) is 76.5 Å². The normalized spacial score (nSPS) is 14.4. The highest BCUT2D eigenvalue weighted by Crippen LogP contribution is 2.32. The van der Waals surface area contributed by atoms with Crippen molar-refractivity contribution in [1.29, 1.82) is 5.26 Å². The van der Waals surface area contributed by atoms with Crippen LogP contribution in [0, 0.1) is 18.3 Å². The predicted octanol–water partition coefficient (Wildman–Crippen LogP) is 4.80. The van der Waals surface area contributed by atoms with Crippen LogP contribution in [0.4, 0.5) is 0 Å². The molecule has 0 bridgehead atoms. The van der Waals surface area contributed by atoms with Gasteiger partial charge in [-0.2, -0.15) is 9.94 Å². The number of hydrogen-bond donors (Lipinski definition) is 0. The molecule has 0 saturated carbocycles. The maximum absolute atomic E-state index is 13.4. The Bertz CT molecular complexity index is 1330. The molecule has 1 unspecified atom stereocenters. The van der Waals surface area contributed by atoms with Crippen LogP contribution < -0.4 is 5.56 Å².